The van der Waals surface area contributed by atoms with Crippen LogP contribution in [0.15, 0.2) is 29.2 Å². The summed E-state index contributed by atoms with van der Waals surface area (Å²) in [6.07, 6.45) is 0. The van der Waals surface area contributed by atoms with Gasteiger partial charge < -0.3 is 5.32 Å². The second-order valence-corrected chi connectivity index (χ2v) is 5.70. The highest BCUT2D eigenvalue weighted by molar-refractivity contribution is 7.91. The molecule has 0 aliphatic carbocycles. The summed E-state index contributed by atoms with van der Waals surface area (Å²) in [5, 5.41) is 13.5. The Bertz CT molecular complexity index is 513. The Labute approximate surface area is 99.7 Å². The lowest BCUT2D eigenvalue weighted by Gasteiger charge is -2.10. The normalized spacial score (nSPS) is 13.3. The van der Waals surface area contributed by atoms with E-state index in [1.54, 1.807) is 14.0 Å². The summed E-state index contributed by atoms with van der Waals surface area (Å²) in [4.78, 5) is 9.84. The molecule has 0 aliphatic rings. The minimum atomic E-state index is -3.65. The van der Waals surface area contributed by atoms with Gasteiger partial charge in [0.25, 0.3) is 5.69 Å². The molecular weight excluding hydrogens is 244 g/mol. The van der Waals surface area contributed by atoms with Crippen molar-refractivity contribution in [3.63, 3.8) is 0 Å². The van der Waals surface area contributed by atoms with Crippen LogP contribution < -0.4 is 5.32 Å². The predicted molar refractivity (Wildman–Crippen MR) is 63.7 cm³/mol. The smallest absolute Gasteiger partial charge is 0.287 e. The van der Waals surface area contributed by atoms with E-state index in [-0.39, 0.29) is 22.4 Å². The third kappa shape index (κ3) is 3.24. The lowest BCUT2D eigenvalue weighted by atomic mass is 10.3. The molecule has 94 valence electrons. The molecule has 0 bridgehead atoms. The highest BCUT2D eigenvalue weighted by Gasteiger charge is 2.26. The molecule has 17 heavy (non-hydrogen) atoms. The van der Waals surface area contributed by atoms with Gasteiger partial charge in [-0.25, -0.2) is 8.42 Å². The summed E-state index contributed by atoms with van der Waals surface area (Å²) in [7, 11) is -2.01. The van der Waals surface area contributed by atoms with Crippen molar-refractivity contribution in [2.24, 2.45) is 0 Å². The predicted octanol–water partition coefficient (Wildman–Crippen LogP) is 0.976. The van der Waals surface area contributed by atoms with Crippen LogP contribution in [0.25, 0.3) is 0 Å². The maximum atomic E-state index is 12.0. The van der Waals surface area contributed by atoms with Crippen LogP contribution in [-0.2, 0) is 9.84 Å². The number of sulfone groups is 1. The fourth-order valence-electron chi connectivity index (χ4n) is 1.37. The van der Waals surface area contributed by atoms with Gasteiger partial charge in [-0.15, -0.1) is 0 Å². The summed E-state index contributed by atoms with van der Waals surface area (Å²) < 4.78 is 24.0. The minimum absolute atomic E-state index is 0.172. The Balaban J connectivity index is 3.20. The number of hydrogen-bond donors (Lipinski definition) is 1. The van der Waals surface area contributed by atoms with Crippen molar-refractivity contribution in [3.8, 4) is 0 Å². The van der Waals surface area contributed by atoms with Crippen LogP contribution >= 0.6 is 0 Å². The van der Waals surface area contributed by atoms with Gasteiger partial charge in [0.05, 0.1) is 10.7 Å². The Morgan fingerprint density at radius 1 is 1.41 bits per heavy atom. The first kappa shape index (κ1) is 13.6. The van der Waals surface area contributed by atoms with E-state index in [0.29, 0.717) is 0 Å². The Morgan fingerprint density at radius 2 is 2.00 bits per heavy atom. The summed E-state index contributed by atoms with van der Waals surface area (Å²) in [6, 6.07) is 5.11. The number of para-hydroxylation sites is 1. The van der Waals surface area contributed by atoms with E-state index < -0.39 is 14.8 Å². The first-order chi connectivity index (χ1) is 7.88. The summed E-state index contributed by atoms with van der Waals surface area (Å²) in [5.74, 6) is -0.172. The van der Waals surface area contributed by atoms with Crippen molar-refractivity contribution in [2.45, 2.75) is 17.9 Å². The number of nitro groups is 1. The van der Waals surface area contributed by atoms with Crippen molar-refractivity contribution in [2.75, 3.05) is 12.8 Å². The Kier molecular flexibility index (Phi) is 4.19. The standard InChI is InChI=1S/C10H14N2O4S/c1-8(11-2)7-17(15,16)10-6-4-3-5-9(10)12(13)14/h3-6,8,11H,7H2,1-2H3. The van der Waals surface area contributed by atoms with Gasteiger partial charge in [0.1, 0.15) is 4.90 Å². The van der Waals surface area contributed by atoms with E-state index in [1.807, 2.05) is 0 Å². The largest absolute Gasteiger partial charge is 0.316 e. The molecule has 0 fully saturated rings. The molecule has 0 aliphatic heterocycles. The van der Waals surface area contributed by atoms with E-state index in [0.717, 1.165) is 0 Å². The Hall–Kier alpha value is -1.47. The highest BCUT2D eigenvalue weighted by Crippen LogP contribution is 2.24. The van der Waals surface area contributed by atoms with E-state index in [1.165, 1.54) is 24.3 Å². The quantitative estimate of drug-likeness (QED) is 0.628. The maximum Gasteiger partial charge on any atom is 0.287 e. The average Bonchev–Trinajstić information content (AvgIpc) is 2.28. The lowest BCUT2D eigenvalue weighted by molar-refractivity contribution is -0.387. The zero-order chi connectivity index (χ0) is 13.1. The molecular formula is C10H14N2O4S. The number of nitrogens with one attached hydrogen (secondary N) is 1. The number of nitrogens with zero attached hydrogens (tertiary/aromatic N) is 1. The number of hydrogen-bond acceptors (Lipinski definition) is 5. The van der Waals surface area contributed by atoms with Crippen LogP contribution in [-0.4, -0.2) is 32.2 Å². The molecule has 0 aromatic heterocycles. The molecule has 7 heteroatoms. The highest BCUT2D eigenvalue weighted by atomic mass is 32.2. The molecule has 0 radical (unpaired) electrons. The molecule has 0 saturated carbocycles. The van der Waals surface area contributed by atoms with Crippen molar-refractivity contribution in [3.05, 3.63) is 34.4 Å². The molecule has 1 unspecified atom stereocenters. The second kappa shape index (κ2) is 5.24. The lowest BCUT2D eigenvalue weighted by Crippen LogP contribution is -2.30. The third-order valence-corrected chi connectivity index (χ3v) is 4.31. The summed E-state index contributed by atoms with van der Waals surface area (Å²) in [5.41, 5.74) is -0.379. The second-order valence-electron chi connectivity index (χ2n) is 3.70. The fraction of sp³-hybridized carbons (Fsp3) is 0.400. The van der Waals surface area contributed by atoms with Crippen molar-refractivity contribution in [1.82, 2.24) is 5.32 Å². The van der Waals surface area contributed by atoms with Crippen LogP contribution in [0.2, 0.25) is 0 Å². The van der Waals surface area contributed by atoms with Gasteiger partial charge in [-0.2, -0.15) is 0 Å². The van der Waals surface area contributed by atoms with Gasteiger partial charge in [-0.1, -0.05) is 12.1 Å². The van der Waals surface area contributed by atoms with Crippen LogP contribution in [0, 0.1) is 10.1 Å². The van der Waals surface area contributed by atoms with Crippen molar-refractivity contribution in [1.29, 1.82) is 0 Å². The molecule has 6 nitrogen and oxygen atoms in total. The van der Waals surface area contributed by atoms with Gasteiger partial charge in [0, 0.05) is 12.1 Å². The van der Waals surface area contributed by atoms with Crippen LogP contribution in [0.1, 0.15) is 6.92 Å². The minimum Gasteiger partial charge on any atom is -0.316 e. The van der Waals surface area contributed by atoms with Crippen LogP contribution in [0.3, 0.4) is 0 Å². The van der Waals surface area contributed by atoms with Gasteiger partial charge in [0.2, 0.25) is 0 Å². The fourth-order valence-corrected chi connectivity index (χ4v) is 3.12. The molecule has 1 rings (SSSR count). The van der Waals surface area contributed by atoms with Crippen molar-refractivity contribution < 1.29 is 13.3 Å². The van der Waals surface area contributed by atoms with Gasteiger partial charge in [-0.3, -0.25) is 10.1 Å². The molecule has 1 N–H and O–H groups in total. The number of benzene rings is 1. The molecule has 0 spiro atoms. The molecule has 0 amide bonds. The summed E-state index contributed by atoms with van der Waals surface area (Å²) in [6.45, 7) is 1.70. The first-order valence-corrected chi connectivity index (χ1v) is 6.67. The topological polar surface area (TPSA) is 89.3 Å². The van der Waals surface area contributed by atoms with Crippen LogP contribution in [0.5, 0.6) is 0 Å². The SMILES string of the molecule is CNC(C)CS(=O)(=O)c1ccccc1[N+](=O)[O-]. The third-order valence-electron chi connectivity index (χ3n) is 2.36. The maximum absolute atomic E-state index is 12.0. The van der Waals surface area contributed by atoms with E-state index in [4.69, 9.17) is 0 Å². The molecule has 0 saturated heterocycles. The zero-order valence-electron chi connectivity index (χ0n) is 9.58. The Morgan fingerprint density at radius 3 is 2.53 bits per heavy atom. The monoisotopic (exact) mass is 258 g/mol. The number of nitro benzene ring substituents is 1. The molecule has 1 atom stereocenters. The molecule has 0 heterocycles. The van der Waals surface area contributed by atoms with E-state index >= 15 is 0 Å². The molecule has 1 aromatic carbocycles. The average molecular weight is 258 g/mol. The zero-order valence-corrected chi connectivity index (χ0v) is 10.4. The van der Waals surface area contributed by atoms with E-state index in [9.17, 15) is 18.5 Å². The van der Waals surface area contributed by atoms with Crippen molar-refractivity contribution >= 4 is 15.5 Å². The van der Waals surface area contributed by atoms with Gasteiger partial charge in [-0.05, 0) is 20.0 Å². The van der Waals surface area contributed by atoms with Crippen LogP contribution in [0.4, 0.5) is 5.69 Å². The van der Waals surface area contributed by atoms with Gasteiger partial charge >= 0.3 is 0 Å². The van der Waals surface area contributed by atoms with E-state index in [2.05, 4.69) is 5.32 Å². The van der Waals surface area contributed by atoms with Gasteiger partial charge in [0.15, 0.2) is 9.84 Å². The molecule has 1 aromatic rings. The number of rotatable bonds is 5. The first-order valence-electron chi connectivity index (χ1n) is 5.02. The summed E-state index contributed by atoms with van der Waals surface area (Å²) >= 11 is 0.